The number of halogens is 1. The molecule has 0 fully saturated rings. The lowest BCUT2D eigenvalue weighted by Crippen LogP contribution is -2.37. The highest BCUT2D eigenvalue weighted by Gasteiger charge is 2.04. The van der Waals surface area contributed by atoms with E-state index in [4.69, 9.17) is 4.74 Å². The number of hydrogen-bond acceptors (Lipinski definition) is 4. The van der Waals surface area contributed by atoms with Crippen LogP contribution in [0.5, 0.6) is 5.75 Å². The third kappa shape index (κ3) is 4.79. The molecule has 2 aromatic heterocycles. The van der Waals surface area contributed by atoms with Crippen LogP contribution in [0.1, 0.15) is 5.56 Å². The van der Waals surface area contributed by atoms with Crippen molar-refractivity contribution in [3.63, 3.8) is 0 Å². The molecule has 2 heterocycles. The molecule has 0 aliphatic carbocycles. The van der Waals surface area contributed by atoms with E-state index in [0.29, 0.717) is 6.54 Å². The quantitative estimate of drug-likeness (QED) is 0.637. The molecule has 0 spiro atoms. The molecule has 0 aliphatic rings. The molecule has 8 heteroatoms. The monoisotopic (exact) mass is 355 g/mol. The van der Waals surface area contributed by atoms with Crippen LogP contribution in [-0.2, 0) is 6.54 Å². The van der Waals surface area contributed by atoms with Gasteiger partial charge in [0, 0.05) is 25.1 Å². The second kappa shape index (κ2) is 8.61. The predicted octanol–water partition coefficient (Wildman–Crippen LogP) is 2.28. The number of benzene rings is 1. The maximum atomic E-state index is 13.4. The van der Waals surface area contributed by atoms with Crippen LogP contribution in [-0.4, -0.2) is 33.7 Å². The molecule has 2 N–H and O–H groups in total. The van der Waals surface area contributed by atoms with E-state index in [1.54, 1.807) is 41.6 Å². The van der Waals surface area contributed by atoms with Crippen LogP contribution in [0, 0.1) is 5.82 Å². The Morgan fingerprint density at radius 3 is 2.81 bits per heavy atom. The zero-order valence-corrected chi connectivity index (χ0v) is 13.9. The number of para-hydroxylation sites is 1. The summed E-state index contributed by atoms with van der Waals surface area (Å²) < 4.78 is 20.4. The van der Waals surface area contributed by atoms with Crippen LogP contribution >= 0.6 is 0 Å². The summed E-state index contributed by atoms with van der Waals surface area (Å²) in [5.41, 5.74) is 0.867. The first-order chi connectivity index (χ1) is 12.7. The van der Waals surface area contributed by atoms with Gasteiger partial charge in [-0.15, -0.1) is 0 Å². The van der Waals surface area contributed by atoms with E-state index in [0.717, 1.165) is 11.4 Å². The summed E-state index contributed by atoms with van der Waals surface area (Å²) >= 11 is 0. The van der Waals surface area contributed by atoms with Crippen molar-refractivity contribution in [3.8, 4) is 11.6 Å². The summed E-state index contributed by atoms with van der Waals surface area (Å²) in [5, 5.41) is 5.37. The fourth-order valence-corrected chi connectivity index (χ4v) is 2.20. The molecule has 0 saturated carbocycles. The molecule has 3 aromatic rings. The van der Waals surface area contributed by atoms with Crippen molar-refractivity contribution in [1.29, 1.82) is 0 Å². The molecule has 7 nitrogen and oxygen atoms in total. The molecule has 0 radical (unpaired) electrons. The standard InChI is InChI=1S/C18H18FN5O2/c19-15-3-1-2-4-16(15)26-10-8-21-18(25)23-12-14-5-6-17(22-11-14)24-9-7-20-13-24/h1-7,9,11,13H,8,10,12H2,(H2,21,23,25). The number of urea groups is 1. The number of ether oxygens (including phenoxy) is 1. The van der Waals surface area contributed by atoms with E-state index < -0.39 is 5.82 Å². The van der Waals surface area contributed by atoms with Crippen LogP contribution in [0.4, 0.5) is 9.18 Å². The topological polar surface area (TPSA) is 81.1 Å². The molecule has 3 rings (SSSR count). The normalized spacial score (nSPS) is 10.3. The first-order valence-corrected chi connectivity index (χ1v) is 8.04. The van der Waals surface area contributed by atoms with Gasteiger partial charge in [0.1, 0.15) is 18.8 Å². The molecule has 0 bridgehead atoms. The van der Waals surface area contributed by atoms with Gasteiger partial charge in [0.15, 0.2) is 11.6 Å². The number of nitrogens with zero attached hydrogens (tertiary/aromatic N) is 3. The van der Waals surface area contributed by atoms with Crippen molar-refractivity contribution in [3.05, 3.63) is 72.7 Å². The third-order valence-electron chi connectivity index (χ3n) is 3.51. The van der Waals surface area contributed by atoms with E-state index in [9.17, 15) is 9.18 Å². The van der Waals surface area contributed by atoms with Crippen molar-refractivity contribution < 1.29 is 13.9 Å². The highest BCUT2D eigenvalue weighted by molar-refractivity contribution is 5.73. The molecule has 0 aliphatic heterocycles. The van der Waals surface area contributed by atoms with E-state index >= 15 is 0 Å². The number of aromatic nitrogens is 3. The van der Waals surface area contributed by atoms with Gasteiger partial charge in [-0.2, -0.15) is 0 Å². The second-order valence-electron chi connectivity index (χ2n) is 5.38. The van der Waals surface area contributed by atoms with Crippen LogP contribution in [0.2, 0.25) is 0 Å². The van der Waals surface area contributed by atoms with E-state index in [1.807, 2.05) is 12.1 Å². The molecular formula is C18H18FN5O2. The summed E-state index contributed by atoms with van der Waals surface area (Å²) in [5.74, 6) is 0.489. The van der Waals surface area contributed by atoms with Crippen molar-refractivity contribution in [1.82, 2.24) is 25.2 Å². The lowest BCUT2D eigenvalue weighted by molar-refractivity contribution is 0.235. The van der Waals surface area contributed by atoms with E-state index in [1.165, 1.54) is 12.1 Å². The number of rotatable bonds is 7. The van der Waals surface area contributed by atoms with Gasteiger partial charge in [-0.25, -0.2) is 19.2 Å². The van der Waals surface area contributed by atoms with Crippen molar-refractivity contribution in [2.75, 3.05) is 13.2 Å². The minimum Gasteiger partial charge on any atom is -0.489 e. The van der Waals surface area contributed by atoms with Crippen molar-refractivity contribution in [2.45, 2.75) is 6.54 Å². The first kappa shape index (κ1) is 17.4. The number of hydrogen-bond donors (Lipinski definition) is 2. The first-order valence-electron chi connectivity index (χ1n) is 8.04. The van der Waals surface area contributed by atoms with E-state index in [-0.39, 0.29) is 24.9 Å². The minimum absolute atomic E-state index is 0.166. The number of amides is 2. The van der Waals surface area contributed by atoms with Gasteiger partial charge in [0.2, 0.25) is 0 Å². The number of pyridine rings is 1. The molecule has 0 saturated heterocycles. The lowest BCUT2D eigenvalue weighted by Gasteiger charge is -2.10. The van der Waals surface area contributed by atoms with Crippen LogP contribution in [0.3, 0.4) is 0 Å². The summed E-state index contributed by atoms with van der Waals surface area (Å²) in [4.78, 5) is 20.0. The predicted molar refractivity (Wildman–Crippen MR) is 93.5 cm³/mol. The Hall–Kier alpha value is -3.42. The van der Waals surface area contributed by atoms with E-state index in [2.05, 4.69) is 20.6 Å². The van der Waals surface area contributed by atoms with Crippen LogP contribution in [0.25, 0.3) is 5.82 Å². The van der Waals surface area contributed by atoms with Crippen LogP contribution in [0.15, 0.2) is 61.3 Å². The average molecular weight is 355 g/mol. The smallest absolute Gasteiger partial charge is 0.315 e. The van der Waals surface area contributed by atoms with Crippen molar-refractivity contribution >= 4 is 6.03 Å². The maximum Gasteiger partial charge on any atom is 0.315 e. The number of imidazole rings is 1. The minimum atomic E-state index is -0.427. The number of nitrogens with one attached hydrogen (secondary N) is 2. The summed E-state index contributed by atoms with van der Waals surface area (Å²) in [6.07, 6.45) is 6.84. The Balaban J connectivity index is 1.37. The molecule has 1 aromatic carbocycles. The zero-order chi connectivity index (χ0) is 18.2. The molecule has 0 unspecified atom stereocenters. The second-order valence-corrected chi connectivity index (χ2v) is 5.38. The summed E-state index contributed by atoms with van der Waals surface area (Å²) in [6.45, 7) is 0.782. The molecule has 2 amide bonds. The van der Waals surface area contributed by atoms with Gasteiger partial charge in [0.05, 0.1) is 6.54 Å². The van der Waals surface area contributed by atoms with Crippen molar-refractivity contribution in [2.24, 2.45) is 0 Å². The Morgan fingerprint density at radius 2 is 2.08 bits per heavy atom. The van der Waals surface area contributed by atoms with Gasteiger partial charge >= 0.3 is 6.03 Å². The summed E-state index contributed by atoms with van der Waals surface area (Å²) in [7, 11) is 0. The number of carbonyl (C=O) groups is 1. The highest BCUT2D eigenvalue weighted by Crippen LogP contribution is 2.14. The molecule has 0 atom stereocenters. The van der Waals surface area contributed by atoms with Crippen LogP contribution < -0.4 is 15.4 Å². The molecular weight excluding hydrogens is 337 g/mol. The fourth-order valence-electron chi connectivity index (χ4n) is 2.20. The fraction of sp³-hybridized carbons (Fsp3) is 0.167. The maximum absolute atomic E-state index is 13.4. The highest BCUT2D eigenvalue weighted by atomic mass is 19.1. The van der Waals surface area contributed by atoms with Gasteiger partial charge < -0.3 is 15.4 Å². The van der Waals surface area contributed by atoms with Gasteiger partial charge in [-0.05, 0) is 23.8 Å². The Labute approximate surface area is 149 Å². The van der Waals surface area contributed by atoms with Gasteiger partial charge in [-0.1, -0.05) is 18.2 Å². The molecule has 134 valence electrons. The SMILES string of the molecule is O=C(NCCOc1ccccc1F)NCc1ccc(-n2ccnc2)nc1. The Bertz CT molecular complexity index is 837. The third-order valence-corrected chi connectivity index (χ3v) is 3.51. The average Bonchev–Trinajstić information content (AvgIpc) is 3.20. The van der Waals surface area contributed by atoms with Gasteiger partial charge in [0.25, 0.3) is 0 Å². The largest absolute Gasteiger partial charge is 0.489 e. The lowest BCUT2D eigenvalue weighted by atomic mass is 10.3. The summed E-state index contributed by atoms with van der Waals surface area (Å²) in [6, 6.07) is 9.52. The molecule has 26 heavy (non-hydrogen) atoms. The van der Waals surface area contributed by atoms with Gasteiger partial charge in [-0.3, -0.25) is 4.57 Å². The zero-order valence-electron chi connectivity index (χ0n) is 13.9. The Morgan fingerprint density at radius 1 is 1.19 bits per heavy atom. The Kier molecular flexibility index (Phi) is 5.76. The number of carbonyl (C=O) groups excluding carboxylic acids is 1.